The van der Waals surface area contributed by atoms with Crippen LogP contribution >= 0.6 is 0 Å². The Hall–Kier alpha value is -2.37. The predicted molar refractivity (Wildman–Crippen MR) is 82.2 cm³/mol. The number of imidazole rings is 1. The van der Waals surface area contributed by atoms with Gasteiger partial charge in [0.2, 0.25) is 0 Å². The molecule has 0 aliphatic heterocycles. The van der Waals surface area contributed by atoms with Crippen molar-refractivity contribution in [3.63, 3.8) is 0 Å². The maximum absolute atomic E-state index is 12.0. The van der Waals surface area contributed by atoms with Gasteiger partial charge in [0.25, 0.3) is 5.91 Å². The number of carbonyl (C=O) groups is 1. The first-order valence-corrected chi connectivity index (χ1v) is 7.23. The zero-order valence-corrected chi connectivity index (χ0v) is 12.2. The van der Waals surface area contributed by atoms with Crippen LogP contribution in [0.2, 0.25) is 0 Å². The fourth-order valence-electron chi connectivity index (χ4n) is 1.91. The molecule has 0 radical (unpaired) electrons. The lowest BCUT2D eigenvalue weighted by molar-refractivity contribution is 0.0952. The van der Waals surface area contributed by atoms with Crippen molar-refractivity contribution >= 4 is 11.7 Å². The summed E-state index contributed by atoms with van der Waals surface area (Å²) < 4.78 is 1.99. The van der Waals surface area contributed by atoms with E-state index in [4.69, 9.17) is 0 Å². The van der Waals surface area contributed by atoms with Crippen molar-refractivity contribution in [1.82, 2.24) is 19.9 Å². The smallest absolute Gasteiger partial charge is 0.251 e. The highest BCUT2D eigenvalue weighted by Gasteiger charge is 2.06. The van der Waals surface area contributed by atoms with Gasteiger partial charge in [-0.1, -0.05) is 6.92 Å². The van der Waals surface area contributed by atoms with Gasteiger partial charge in [-0.3, -0.25) is 4.79 Å². The summed E-state index contributed by atoms with van der Waals surface area (Å²) in [5.74, 6) is 0.672. The molecule has 0 fully saturated rings. The van der Waals surface area contributed by atoms with Crippen LogP contribution in [0.1, 0.15) is 30.1 Å². The van der Waals surface area contributed by atoms with Gasteiger partial charge in [-0.25, -0.2) is 9.97 Å². The lowest BCUT2D eigenvalue weighted by Crippen LogP contribution is -2.25. The van der Waals surface area contributed by atoms with Crippen LogP contribution in [-0.4, -0.2) is 33.5 Å². The zero-order chi connectivity index (χ0) is 14.9. The molecule has 0 aliphatic carbocycles. The Morgan fingerprint density at radius 3 is 3.00 bits per heavy atom. The number of hydrogen-bond donors (Lipinski definition) is 2. The third kappa shape index (κ3) is 4.91. The van der Waals surface area contributed by atoms with E-state index >= 15 is 0 Å². The summed E-state index contributed by atoms with van der Waals surface area (Å²) in [6, 6.07) is 3.50. The molecular formula is C15H21N5O. The van der Waals surface area contributed by atoms with Gasteiger partial charge in [0.15, 0.2) is 0 Å². The molecular weight excluding hydrogens is 266 g/mol. The number of carbonyl (C=O) groups excluding carboxylic acids is 1. The van der Waals surface area contributed by atoms with E-state index < -0.39 is 0 Å². The quantitative estimate of drug-likeness (QED) is 0.728. The number of anilines is 1. The van der Waals surface area contributed by atoms with Crippen molar-refractivity contribution in [2.24, 2.45) is 0 Å². The van der Waals surface area contributed by atoms with Gasteiger partial charge in [-0.2, -0.15) is 0 Å². The van der Waals surface area contributed by atoms with Gasteiger partial charge in [0.1, 0.15) is 5.82 Å². The monoisotopic (exact) mass is 287 g/mol. The van der Waals surface area contributed by atoms with Gasteiger partial charge in [0.05, 0.1) is 6.33 Å². The Labute approximate surface area is 124 Å². The molecule has 0 spiro atoms. The van der Waals surface area contributed by atoms with Crippen LogP contribution in [0.3, 0.4) is 0 Å². The van der Waals surface area contributed by atoms with E-state index in [1.807, 2.05) is 10.8 Å². The number of rotatable bonds is 8. The average molecular weight is 287 g/mol. The molecule has 112 valence electrons. The largest absolute Gasteiger partial charge is 0.370 e. The third-order valence-electron chi connectivity index (χ3n) is 3.02. The van der Waals surface area contributed by atoms with Crippen LogP contribution in [0, 0.1) is 0 Å². The van der Waals surface area contributed by atoms with Crippen molar-refractivity contribution in [2.45, 2.75) is 26.3 Å². The Kier molecular flexibility index (Phi) is 5.75. The summed E-state index contributed by atoms with van der Waals surface area (Å²) in [6.07, 6.45) is 8.98. The number of nitrogens with one attached hydrogen (secondary N) is 2. The normalized spacial score (nSPS) is 10.3. The van der Waals surface area contributed by atoms with Crippen LogP contribution in [0.15, 0.2) is 37.1 Å². The van der Waals surface area contributed by atoms with E-state index in [1.54, 1.807) is 30.9 Å². The molecule has 21 heavy (non-hydrogen) atoms. The van der Waals surface area contributed by atoms with Crippen molar-refractivity contribution in [3.8, 4) is 0 Å². The van der Waals surface area contributed by atoms with Crippen molar-refractivity contribution < 1.29 is 4.79 Å². The van der Waals surface area contributed by atoms with E-state index in [2.05, 4.69) is 27.5 Å². The summed E-state index contributed by atoms with van der Waals surface area (Å²) in [7, 11) is 0. The number of aryl methyl sites for hydroxylation is 1. The van der Waals surface area contributed by atoms with Gasteiger partial charge < -0.3 is 15.2 Å². The molecule has 0 aliphatic rings. The molecule has 0 saturated carbocycles. The second-order valence-corrected chi connectivity index (χ2v) is 4.77. The number of pyridine rings is 1. The van der Waals surface area contributed by atoms with E-state index in [9.17, 15) is 4.79 Å². The average Bonchev–Trinajstić information content (AvgIpc) is 3.03. The predicted octanol–water partition coefficient (Wildman–Crippen LogP) is 1.92. The maximum Gasteiger partial charge on any atom is 0.251 e. The molecule has 0 atom stereocenters. The molecule has 0 bridgehead atoms. The van der Waals surface area contributed by atoms with Gasteiger partial charge in [-0.15, -0.1) is 0 Å². The van der Waals surface area contributed by atoms with E-state index in [0.717, 1.165) is 31.7 Å². The molecule has 1 amide bonds. The molecule has 0 unspecified atom stereocenters. The summed E-state index contributed by atoms with van der Waals surface area (Å²) >= 11 is 0. The fourth-order valence-corrected chi connectivity index (χ4v) is 1.91. The van der Waals surface area contributed by atoms with Gasteiger partial charge >= 0.3 is 0 Å². The highest BCUT2D eigenvalue weighted by Crippen LogP contribution is 2.06. The minimum Gasteiger partial charge on any atom is -0.370 e. The molecule has 6 nitrogen and oxygen atoms in total. The number of aromatic nitrogens is 3. The molecule has 2 rings (SSSR count). The molecule has 0 saturated heterocycles. The Balaban J connectivity index is 1.77. The lowest BCUT2D eigenvalue weighted by atomic mass is 10.2. The SMILES string of the molecule is CCCNc1cc(C(=O)NCCCn2ccnc2)ccn1. The first-order chi connectivity index (χ1) is 10.3. The highest BCUT2D eigenvalue weighted by molar-refractivity contribution is 5.94. The standard InChI is InChI=1S/C15H21N5O/c1-2-5-17-14-11-13(4-7-18-14)15(21)19-6-3-9-20-10-8-16-12-20/h4,7-8,10-12H,2-3,5-6,9H2,1H3,(H,17,18)(H,19,21). The second-order valence-electron chi connectivity index (χ2n) is 4.77. The third-order valence-corrected chi connectivity index (χ3v) is 3.02. The van der Waals surface area contributed by atoms with Gasteiger partial charge in [0, 0.05) is 43.8 Å². The van der Waals surface area contributed by atoms with Crippen molar-refractivity contribution in [1.29, 1.82) is 0 Å². The number of amides is 1. The summed E-state index contributed by atoms with van der Waals surface area (Å²) in [5.41, 5.74) is 0.631. The van der Waals surface area contributed by atoms with Crippen LogP contribution in [0.25, 0.3) is 0 Å². The molecule has 2 heterocycles. The molecule has 0 aromatic carbocycles. The fraction of sp³-hybridized carbons (Fsp3) is 0.400. The minimum atomic E-state index is -0.0671. The molecule has 6 heteroatoms. The molecule has 2 aromatic heterocycles. The summed E-state index contributed by atoms with van der Waals surface area (Å²) in [5, 5.41) is 6.09. The summed E-state index contributed by atoms with van der Waals surface area (Å²) in [4.78, 5) is 20.2. The van der Waals surface area contributed by atoms with E-state index in [1.165, 1.54) is 0 Å². The Bertz CT molecular complexity index is 553. The van der Waals surface area contributed by atoms with Crippen molar-refractivity contribution in [2.75, 3.05) is 18.4 Å². The molecule has 2 aromatic rings. The first kappa shape index (κ1) is 15.0. The highest BCUT2D eigenvalue weighted by atomic mass is 16.1. The minimum absolute atomic E-state index is 0.0671. The van der Waals surface area contributed by atoms with Crippen LogP contribution in [0.4, 0.5) is 5.82 Å². The topological polar surface area (TPSA) is 71.8 Å². The lowest BCUT2D eigenvalue weighted by Gasteiger charge is -2.08. The number of hydrogen-bond acceptors (Lipinski definition) is 4. The van der Waals surface area contributed by atoms with E-state index in [-0.39, 0.29) is 5.91 Å². The summed E-state index contributed by atoms with van der Waals surface area (Å²) in [6.45, 7) is 4.42. The Morgan fingerprint density at radius 1 is 1.33 bits per heavy atom. The van der Waals surface area contributed by atoms with Crippen LogP contribution in [-0.2, 0) is 6.54 Å². The number of nitrogens with zero attached hydrogens (tertiary/aromatic N) is 3. The second kappa shape index (κ2) is 8.04. The molecule has 2 N–H and O–H groups in total. The Morgan fingerprint density at radius 2 is 2.24 bits per heavy atom. The first-order valence-electron chi connectivity index (χ1n) is 7.23. The maximum atomic E-state index is 12.0. The van der Waals surface area contributed by atoms with Crippen LogP contribution in [0.5, 0.6) is 0 Å². The van der Waals surface area contributed by atoms with E-state index in [0.29, 0.717) is 12.1 Å². The van der Waals surface area contributed by atoms with Crippen LogP contribution < -0.4 is 10.6 Å². The van der Waals surface area contributed by atoms with Crippen molar-refractivity contribution in [3.05, 3.63) is 42.6 Å². The van der Waals surface area contributed by atoms with Gasteiger partial charge in [-0.05, 0) is 25.0 Å². The zero-order valence-electron chi connectivity index (χ0n) is 12.2.